The fourth-order valence-corrected chi connectivity index (χ4v) is 2.97. The third-order valence-electron chi connectivity index (χ3n) is 2.06. The van der Waals surface area contributed by atoms with E-state index in [1.165, 1.54) is 18.3 Å². The Balaban J connectivity index is 2.75. The highest BCUT2D eigenvalue weighted by atomic mass is 32.2. The van der Waals surface area contributed by atoms with Crippen LogP contribution < -0.4 is 9.86 Å². The van der Waals surface area contributed by atoms with Crippen LogP contribution in [0.1, 0.15) is 12.1 Å². The number of primary sulfonamides is 1. The van der Waals surface area contributed by atoms with E-state index >= 15 is 0 Å². The van der Waals surface area contributed by atoms with Gasteiger partial charge in [0.15, 0.2) is 5.69 Å². The summed E-state index contributed by atoms with van der Waals surface area (Å²) in [6, 6.07) is 4.30. The van der Waals surface area contributed by atoms with Crippen LogP contribution in [0.5, 0.6) is 0 Å². The van der Waals surface area contributed by atoms with Crippen LogP contribution in [-0.4, -0.2) is 34.1 Å². The molecule has 10 heteroatoms. The van der Waals surface area contributed by atoms with Gasteiger partial charge in [-0.05, 0) is 18.6 Å². The van der Waals surface area contributed by atoms with Crippen LogP contribution in [0.3, 0.4) is 0 Å². The first-order valence-corrected chi connectivity index (χ1v) is 8.31. The summed E-state index contributed by atoms with van der Waals surface area (Å²) >= 11 is 0. The molecule has 1 aromatic heterocycles. The summed E-state index contributed by atoms with van der Waals surface area (Å²) in [6.45, 7) is -0.0987. The summed E-state index contributed by atoms with van der Waals surface area (Å²) in [6.07, 6.45) is 1.35. The van der Waals surface area contributed by atoms with Crippen molar-refractivity contribution in [2.24, 2.45) is 5.14 Å². The molecule has 104 valence electrons. The lowest BCUT2D eigenvalue weighted by atomic mass is 10.4. The maximum absolute atomic E-state index is 11.9. The van der Waals surface area contributed by atoms with E-state index in [9.17, 15) is 16.8 Å². The summed E-state index contributed by atoms with van der Waals surface area (Å²) in [5, 5.41) is 13.5. The molecule has 1 heterocycles. The van der Waals surface area contributed by atoms with Crippen molar-refractivity contribution in [2.45, 2.75) is 11.3 Å². The molecule has 1 aromatic rings. The summed E-state index contributed by atoms with van der Waals surface area (Å²) in [5.41, 5.74) is -0.221. The number of hydrogen-bond acceptors (Lipinski definition) is 6. The van der Waals surface area contributed by atoms with Crippen LogP contribution in [0.25, 0.3) is 0 Å². The van der Waals surface area contributed by atoms with Crippen molar-refractivity contribution in [3.05, 3.63) is 24.0 Å². The van der Waals surface area contributed by atoms with E-state index in [1.807, 2.05) is 0 Å². The molecule has 0 radical (unpaired) electrons. The van der Waals surface area contributed by atoms with Crippen molar-refractivity contribution in [2.75, 3.05) is 12.3 Å². The molecule has 0 unspecified atom stereocenters. The Bertz CT molecular complexity index is 691. The number of pyridine rings is 1. The van der Waals surface area contributed by atoms with Crippen LogP contribution in [0.4, 0.5) is 0 Å². The monoisotopic (exact) mass is 304 g/mol. The zero-order chi connectivity index (χ0) is 14.5. The minimum absolute atomic E-state index is 0.0419. The van der Waals surface area contributed by atoms with Gasteiger partial charge in [0.25, 0.3) is 0 Å². The molecular formula is C9H12N4O4S2. The van der Waals surface area contributed by atoms with Crippen molar-refractivity contribution >= 4 is 20.0 Å². The highest BCUT2D eigenvalue weighted by molar-refractivity contribution is 7.89. The minimum Gasteiger partial charge on any atom is -0.244 e. The van der Waals surface area contributed by atoms with Gasteiger partial charge in [0.1, 0.15) is 11.0 Å². The summed E-state index contributed by atoms with van der Waals surface area (Å²) in [4.78, 5) is 3.39. The van der Waals surface area contributed by atoms with E-state index in [2.05, 4.69) is 9.71 Å². The van der Waals surface area contributed by atoms with Crippen molar-refractivity contribution < 1.29 is 16.8 Å². The molecule has 0 aliphatic heterocycles. The van der Waals surface area contributed by atoms with Gasteiger partial charge in [-0.1, -0.05) is 0 Å². The van der Waals surface area contributed by atoms with Crippen molar-refractivity contribution in [1.82, 2.24) is 9.71 Å². The molecule has 0 aromatic carbocycles. The molecule has 0 saturated heterocycles. The van der Waals surface area contributed by atoms with Crippen LogP contribution in [0, 0.1) is 11.3 Å². The average Bonchev–Trinajstić information content (AvgIpc) is 2.33. The predicted molar refractivity (Wildman–Crippen MR) is 66.7 cm³/mol. The number of nitrogens with two attached hydrogens (primary N) is 1. The Kier molecular flexibility index (Phi) is 4.96. The van der Waals surface area contributed by atoms with E-state index in [0.717, 1.165) is 0 Å². The topological polar surface area (TPSA) is 143 Å². The van der Waals surface area contributed by atoms with E-state index < -0.39 is 20.0 Å². The first-order chi connectivity index (χ1) is 8.76. The number of rotatable bonds is 6. The van der Waals surface area contributed by atoms with Crippen molar-refractivity contribution in [3.63, 3.8) is 0 Å². The Morgan fingerprint density at radius 3 is 2.63 bits per heavy atom. The van der Waals surface area contributed by atoms with E-state index in [4.69, 9.17) is 10.4 Å². The van der Waals surface area contributed by atoms with E-state index in [0.29, 0.717) is 0 Å². The largest absolute Gasteiger partial charge is 0.244 e. The number of sulfonamides is 2. The van der Waals surface area contributed by atoms with E-state index in [-0.39, 0.29) is 29.3 Å². The highest BCUT2D eigenvalue weighted by Gasteiger charge is 2.18. The Labute approximate surface area is 111 Å². The molecule has 0 aliphatic carbocycles. The van der Waals surface area contributed by atoms with Crippen LogP contribution in [-0.2, 0) is 20.0 Å². The summed E-state index contributed by atoms with van der Waals surface area (Å²) in [5.74, 6) is -0.326. The Morgan fingerprint density at radius 2 is 2.05 bits per heavy atom. The molecule has 0 aliphatic rings. The van der Waals surface area contributed by atoms with Crippen LogP contribution in [0.15, 0.2) is 23.2 Å². The standard InChI is InChI=1S/C9H12N4O4S2/c10-7-8-9(3-1-4-12-8)19(16,17)13-5-2-6-18(11,14)15/h1,3-4,13H,2,5-6H2,(H2,11,14,15). The second kappa shape index (κ2) is 6.07. The minimum atomic E-state index is -3.89. The molecule has 19 heavy (non-hydrogen) atoms. The SMILES string of the molecule is N#Cc1ncccc1S(=O)(=O)NCCCS(N)(=O)=O. The molecule has 8 nitrogen and oxygen atoms in total. The van der Waals surface area contributed by atoms with Gasteiger partial charge in [-0.2, -0.15) is 5.26 Å². The molecule has 0 atom stereocenters. The van der Waals surface area contributed by atoms with Gasteiger partial charge in [-0.3, -0.25) is 0 Å². The maximum atomic E-state index is 11.9. The molecule has 0 saturated carbocycles. The normalized spacial score (nSPS) is 12.0. The fourth-order valence-electron chi connectivity index (χ4n) is 1.25. The van der Waals surface area contributed by atoms with Crippen LogP contribution >= 0.6 is 0 Å². The third kappa shape index (κ3) is 4.92. The van der Waals surface area contributed by atoms with Gasteiger partial charge in [0.2, 0.25) is 20.0 Å². The molecule has 0 bridgehead atoms. The van der Waals surface area contributed by atoms with E-state index in [1.54, 1.807) is 6.07 Å². The highest BCUT2D eigenvalue weighted by Crippen LogP contribution is 2.11. The van der Waals surface area contributed by atoms with Crippen LogP contribution in [0.2, 0.25) is 0 Å². The lowest BCUT2D eigenvalue weighted by Crippen LogP contribution is -2.28. The first-order valence-electron chi connectivity index (χ1n) is 5.11. The lowest BCUT2D eigenvalue weighted by Gasteiger charge is -2.06. The maximum Gasteiger partial charge on any atom is 0.243 e. The molecule has 1 rings (SSSR count). The average molecular weight is 304 g/mol. The van der Waals surface area contributed by atoms with Crippen molar-refractivity contribution in [3.8, 4) is 6.07 Å². The number of aromatic nitrogens is 1. The quantitative estimate of drug-likeness (QED) is 0.639. The van der Waals surface area contributed by atoms with Gasteiger partial charge < -0.3 is 0 Å². The van der Waals surface area contributed by atoms with Crippen molar-refractivity contribution in [1.29, 1.82) is 5.26 Å². The number of hydrogen-bond donors (Lipinski definition) is 2. The van der Waals surface area contributed by atoms with Gasteiger partial charge in [-0.25, -0.2) is 31.7 Å². The third-order valence-corrected chi connectivity index (χ3v) is 4.41. The molecule has 0 fully saturated rings. The lowest BCUT2D eigenvalue weighted by molar-refractivity contribution is 0.576. The number of nitrogens with zero attached hydrogens (tertiary/aromatic N) is 2. The molecule has 0 spiro atoms. The second-order valence-electron chi connectivity index (χ2n) is 3.58. The fraction of sp³-hybridized carbons (Fsp3) is 0.333. The molecule has 0 amide bonds. The second-order valence-corrected chi connectivity index (χ2v) is 7.05. The van der Waals surface area contributed by atoms with Gasteiger partial charge in [-0.15, -0.1) is 0 Å². The predicted octanol–water partition coefficient (Wildman–Crippen LogP) is -1.09. The Morgan fingerprint density at radius 1 is 1.37 bits per heavy atom. The molecule has 3 N–H and O–H groups in total. The zero-order valence-electron chi connectivity index (χ0n) is 9.77. The van der Waals surface area contributed by atoms with Gasteiger partial charge >= 0.3 is 0 Å². The number of nitrogens with one attached hydrogen (secondary N) is 1. The zero-order valence-corrected chi connectivity index (χ0v) is 11.4. The Hall–Kier alpha value is -1.54. The summed E-state index contributed by atoms with van der Waals surface area (Å²) < 4.78 is 47.2. The smallest absolute Gasteiger partial charge is 0.243 e. The first kappa shape index (κ1) is 15.5. The van der Waals surface area contributed by atoms with Gasteiger partial charge in [0, 0.05) is 12.7 Å². The summed E-state index contributed by atoms with van der Waals surface area (Å²) in [7, 11) is -7.51. The number of nitriles is 1. The molecular weight excluding hydrogens is 292 g/mol. The van der Waals surface area contributed by atoms with Gasteiger partial charge in [0.05, 0.1) is 5.75 Å².